The Labute approximate surface area is 145 Å². The number of aromatic amines is 1. The Morgan fingerprint density at radius 1 is 1.42 bits per heavy atom. The van der Waals surface area contributed by atoms with Crippen LogP contribution >= 0.6 is 11.6 Å². The molecule has 0 saturated carbocycles. The van der Waals surface area contributed by atoms with Crippen molar-refractivity contribution in [2.24, 2.45) is 0 Å². The highest BCUT2D eigenvalue weighted by atomic mass is 35.5. The summed E-state index contributed by atoms with van der Waals surface area (Å²) in [6, 6.07) is 3.29. The lowest BCUT2D eigenvalue weighted by Crippen LogP contribution is -2.40. The minimum absolute atomic E-state index is 0.357. The zero-order valence-corrected chi connectivity index (χ0v) is 14.4. The van der Waals surface area contributed by atoms with Crippen LogP contribution in [0, 0.1) is 6.92 Å². The second-order valence-electron chi connectivity index (χ2n) is 5.23. The van der Waals surface area contributed by atoms with E-state index in [2.05, 4.69) is 27.9 Å². The van der Waals surface area contributed by atoms with Crippen LogP contribution < -0.4 is 10.9 Å². The summed E-state index contributed by atoms with van der Waals surface area (Å²) in [6.07, 6.45) is 6.54. The number of carbonyl (C=O) groups excluding carboxylic acids is 2. The van der Waals surface area contributed by atoms with E-state index in [1.807, 2.05) is 6.92 Å². The zero-order chi connectivity index (χ0) is 17.5. The van der Waals surface area contributed by atoms with Gasteiger partial charge in [0.15, 0.2) is 0 Å². The summed E-state index contributed by atoms with van der Waals surface area (Å²) in [5, 5.41) is 4.86. The summed E-state index contributed by atoms with van der Waals surface area (Å²) in [7, 11) is 0. The lowest BCUT2D eigenvalue weighted by molar-refractivity contribution is -0.117. The second-order valence-corrected chi connectivity index (χ2v) is 5.59. The van der Waals surface area contributed by atoms with E-state index in [-0.39, 0.29) is 0 Å². The maximum absolute atomic E-state index is 11.8. The molecule has 2 rings (SSSR count). The Kier molecular flexibility index (Phi) is 6.20. The number of rotatable bonds is 6. The van der Waals surface area contributed by atoms with Crippen molar-refractivity contribution in [2.75, 3.05) is 0 Å². The first kappa shape index (κ1) is 17.8. The summed E-state index contributed by atoms with van der Waals surface area (Å²) >= 11 is 6.29. The Morgan fingerprint density at radius 2 is 2.21 bits per heavy atom. The van der Waals surface area contributed by atoms with Gasteiger partial charge in [0.2, 0.25) is 0 Å². The number of aryl methyl sites for hydroxylation is 2. The van der Waals surface area contributed by atoms with Crippen LogP contribution in [0.3, 0.4) is 0 Å². The Balaban J connectivity index is 1.94. The van der Waals surface area contributed by atoms with E-state index >= 15 is 0 Å². The molecule has 0 aliphatic rings. The molecule has 2 amide bonds. The lowest BCUT2D eigenvalue weighted by atomic mass is 10.2. The lowest BCUT2D eigenvalue weighted by Gasteiger charge is -2.03. The topological polar surface area (TPSA) is 91.8 Å². The molecule has 8 heteroatoms. The van der Waals surface area contributed by atoms with Crippen LogP contribution in [-0.2, 0) is 11.3 Å². The van der Waals surface area contributed by atoms with E-state index in [1.165, 1.54) is 6.08 Å². The van der Waals surface area contributed by atoms with Crippen LogP contribution in [0.4, 0.5) is 0 Å². The molecule has 0 saturated heterocycles. The van der Waals surface area contributed by atoms with Gasteiger partial charge >= 0.3 is 0 Å². The molecule has 128 valence electrons. The third-order valence-corrected chi connectivity index (χ3v) is 3.77. The van der Waals surface area contributed by atoms with Gasteiger partial charge in [0.05, 0.1) is 5.69 Å². The molecule has 0 aliphatic carbocycles. The molecule has 0 fully saturated rings. The van der Waals surface area contributed by atoms with Crippen molar-refractivity contribution in [3.05, 3.63) is 46.5 Å². The van der Waals surface area contributed by atoms with Gasteiger partial charge in [0.25, 0.3) is 11.8 Å². The van der Waals surface area contributed by atoms with Gasteiger partial charge in [-0.05, 0) is 31.6 Å². The molecule has 2 aromatic rings. The molecular formula is C16H20ClN5O2. The average molecular weight is 350 g/mol. The van der Waals surface area contributed by atoms with Gasteiger partial charge < -0.3 is 4.98 Å². The number of nitrogens with one attached hydrogen (secondary N) is 3. The number of carbonyl (C=O) groups is 2. The van der Waals surface area contributed by atoms with E-state index in [1.54, 1.807) is 29.1 Å². The minimum Gasteiger partial charge on any atom is -0.357 e. The Hall–Kier alpha value is -2.54. The van der Waals surface area contributed by atoms with Gasteiger partial charge in [-0.15, -0.1) is 0 Å². The summed E-state index contributed by atoms with van der Waals surface area (Å²) in [4.78, 5) is 26.2. The highest BCUT2D eigenvalue weighted by molar-refractivity contribution is 6.31. The zero-order valence-electron chi connectivity index (χ0n) is 13.6. The fourth-order valence-electron chi connectivity index (χ4n) is 2.07. The van der Waals surface area contributed by atoms with Gasteiger partial charge in [0, 0.05) is 24.4 Å². The van der Waals surface area contributed by atoms with Gasteiger partial charge in [-0.25, -0.2) is 0 Å². The fraction of sp³-hybridized carbons (Fsp3) is 0.312. The molecule has 24 heavy (non-hydrogen) atoms. The molecule has 0 atom stereocenters. The molecule has 0 bridgehead atoms. The van der Waals surface area contributed by atoms with E-state index in [9.17, 15) is 9.59 Å². The first-order valence-electron chi connectivity index (χ1n) is 7.67. The fourth-order valence-corrected chi connectivity index (χ4v) is 2.39. The SMILES string of the molecule is CCCCn1nc(C)c(C=CC(=O)NNC(=O)c2ccc[nH]2)c1Cl. The largest absolute Gasteiger partial charge is 0.357 e. The molecule has 2 aromatic heterocycles. The molecule has 0 unspecified atom stereocenters. The Bertz CT molecular complexity index is 734. The predicted octanol–water partition coefficient (Wildman–Crippen LogP) is 2.45. The van der Waals surface area contributed by atoms with Crippen molar-refractivity contribution in [3.63, 3.8) is 0 Å². The van der Waals surface area contributed by atoms with E-state index in [0.717, 1.165) is 25.1 Å². The number of unbranched alkanes of at least 4 members (excludes halogenated alkanes) is 1. The standard InChI is InChI=1S/C16H20ClN5O2/c1-3-4-10-22-15(17)12(11(2)21-22)7-8-14(23)19-20-16(24)13-6-5-9-18-13/h5-9,18H,3-4,10H2,1-2H3,(H,19,23)(H,20,24). The third kappa shape index (κ3) is 4.48. The number of aromatic nitrogens is 3. The summed E-state index contributed by atoms with van der Waals surface area (Å²) in [5.74, 6) is -0.893. The predicted molar refractivity (Wildman–Crippen MR) is 92.3 cm³/mol. The van der Waals surface area contributed by atoms with E-state index in [4.69, 9.17) is 11.6 Å². The summed E-state index contributed by atoms with van der Waals surface area (Å²) < 4.78 is 1.73. The molecule has 7 nitrogen and oxygen atoms in total. The summed E-state index contributed by atoms with van der Waals surface area (Å²) in [5.41, 5.74) is 6.41. The van der Waals surface area contributed by atoms with Gasteiger partial charge in [-0.3, -0.25) is 25.1 Å². The first-order chi connectivity index (χ1) is 11.5. The van der Waals surface area contributed by atoms with Crippen LogP contribution in [0.15, 0.2) is 24.4 Å². The van der Waals surface area contributed by atoms with Crippen LogP contribution in [0.5, 0.6) is 0 Å². The quantitative estimate of drug-likeness (QED) is 0.552. The molecule has 0 spiro atoms. The van der Waals surface area contributed by atoms with Gasteiger partial charge in [-0.2, -0.15) is 5.10 Å². The smallest absolute Gasteiger partial charge is 0.286 e. The average Bonchev–Trinajstić information content (AvgIpc) is 3.18. The second kappa shape index (κ2) is 8.35. The van der Waals surface area contributed by atoms with Crippen LogP contribution in [0.2, 0.25) is 5.15 Å². The molecular weight excluding hydrogens is 330 g/mol. The number of amides is 2. The van der Waals surface area contributed by atoms with Crippen molar-refractivity contribution in [1.29, 1.82) is 0 Å². The molecule has 3 N–H and O–H groups in total. The third-order valence-electron chi connectivity index (χ3n) is 3.38. The van der Waals surface area contributed by atoms with Crippen molar-refractivity contribution in [1.82, 2.24) is 25.6 Å². The highest BCUT2D eigenvalue weighted by Crippen LogP contribution is 2.21. The van der Waals surface area contributed by atoms with E-state index in [0.29, 0.717) is 16.4 Å². The van der Waals surface area contributed by atoms with Crippen LogP contribution in [-0.4, -0.2) is 26.6 Å². The number of H-pyrrole nitrogens is 1. The number of hydrazine groups is 1. The van der Waals surface area contributed by atoms with E-state index < -0.39 is 11.8 Å². The van der Waals surface area contributed by atoms with Crippen LogP contribution in [0.1, 0.15) is 41.5 Å². The maximum atomic E-state index is 11.8. The number of hydrogen-bond donors (Lipinski definition) is 3. The maximum Gasteiger partial charge on any atom is 0.286 e. The molecule has 0 aromatic carbocycles. The molecule has 0 radical (unpaired) electrons. The number of halogens is 1. The summed E-state index contributed by atoms with van der Waals surface area (Å²) in [6.45, 7) is 4.66. The van der Waals surface area contributed by atoms with Crippen molar-refractivity contribution in [2.45, 2.75) is 33.2 Å². The number of hydrogen-bond acceptors (Lipinski definition) is 3. The molecule has 2 heterocycles. The first-order valence-corrected chi connectivity index (χ1v) is 8.05. The van der Waals surface area contributed by atoms with Crippen molar-refractivity contribution < 1.29 is 9.59 Å². The van der Waals surface area contributed by atoms with Crippen molar-refractivity contribution >= 4 is 29.5 Å². The Morgan fingerprint density at radius 3 is 2.88 bits per heavy atom. The van der Waals surface area contributed by atoms with Gasteiger partial charge in [0.1, 0.15) is 10.8 Å². The normalized spacial score (nSPS) is 11.0. The van der Waals surface area contributed by atoms with Crippen LogP contribution in [0.25, 0.3) is 6.08 Å². The monoisotopic (exact) mass is 349 g/mol. The molecule has 0 aliphatic heterocycles. The number of nitrogens with zero attached hydrogens (tertiary/aromatic N) is 2. The minimum atomic E-state index is -0.466. The van der Waals surface area contributed by atoms with Crippen molar-refractivity contribution in [3.8, 4) is 0 Å². The highest BCUT2D eigenvalue weighted by Gasteiger charge is 2.11. The van der Waals surface area contributed by atoms with Gasteiger partial charge in [-0.1, -0.05) is 24.9 Å².